The number of para-hydroxylation sites is 1. The van der Waals surface area contributed by atoms with E-state index in [4.69, 9.17) is 9.47 Å². The van der Waals surface area contributed by atoms with E-state index in [9.17, 15) is 4.79 Å². The topological polar surface area (TPSA) is 50.8 Å². The zero-order valence-electron chi connectivity index (χ0n) is 14.2. The molecule has 2 heterocycles. The van der Waals surface area contributed by atoms with E-state index in [1.54, 1.807) is 13.2 Å². The van der Waals surface area contributed by atoms with Crippen molar-refractivity contribution in [1.29, 1.82) is 0 Å². The van der Waals surface area contributed by atoms with Crippen molar-refractivity contribution in [3.05, 3.63) is 41.5 Å². The van der Waals surface area contributed by atoms with Gasteiger partial charge in [-0.15, -0.1) is 12.4 Å². The zero-order valence-corrected chi connectivity index (χ0v) is 15.0. The highest BCUT2D eigenvalue weighted by molar-refractivity contribution is 5.88. The van der Waals surface area contributed by atoms with Gasteiger partial charge in [-0.1, -0.05) is 23.8 Å². The van der Waals surface area contributed by atoms with Crippen LogP contribution in [0.2, 0.25) is 0 Å². The molecule has 2 aliphatic rings. The number of allylic oxidation sites excluding steroid dienone is 1. The Hall–Kier alpha value is -1.56. The predicted molar refractivity (Wildman–Crippen MR) is 95.8 cm³/mol. The van der Waals surface area contributed by atoms with Crippen LogP contribution in [0.25, 0.3) is 0 Å². The fraction of sp³-hybridized carbons (Fsp3) is 0.500. The summed E-state index contributed by atoms with van der Waals surface area (Å²) in [6, 6.07) is 8.08. The van der Waals surface area contributed by atoms with E-state index >= 15 is 0 Å². The van der Waals surface area contributed by atoms with E-state index in [1.807, 2.05) is 36.1 Å². The molecule has 132 valence electrons. The van der Waals surface area contributed by atoms with Crippen molar-refractivity contribution in [1.82, 2.24) is 10.2 Å². The van der Waals surface area contributed by atoms with E-state index in [-0.39, 0.29) is 30.5 Å². The highest BCUT2D eigenvalue weighted by Crippen LogP contribution is 2.22. The minimum absolute atomic E-state index is 0. The summed E-state index contributed by atoms with van der Waals surface area (Å²) in [7, 11) is 1.67. The smallest absolute Gasteiger partial charge is 0.246 e. The predicted octanol–water partition coefficient (Wildman–Crippen LogP) is 1.80. The average Bonchev–Trinajstić information content (AvgIpc) is 3.03. The zero-order chi connectivity index (χ0) is 16.2. The third-order valence-electron chi connectivity index (χ3n) is 4.51. The second-order valence-corrected chi connectivity index (χ2v) is 6.15. The lowest BCUT2D eigenvalue weighted by molar-refractivity contribution is -0.137. The van der Waals surface area contributed by atoms with Crippen LogP contribution >= 0.6 is 12.4 Å². The second-order valence-electron chi connectivity index (χ2n) is 6.15. The lowest BCUT2D eigenvalue weighted by Crippen LogP contribution is -2.52. The van der Waals surface area contributed by atoms with Crippen LogP contribution in [0.3, 0.4) is 0 Å². The number of fused-ring (bicyclic) bond motifs is 1. The molecule has 6 heteroatoms. The molecule has 0 bridgehead atoms. The summed E-state index contributed by atoms with van der Waals surface area (Å²) < 4.78 is 11.1. The van der Waals surface area contributed by atoms with Gasteiger partial charge >= 0.3 is 0 Å². The molecular weight excluding hydrogens is 328 g/mol. The van der Waals surface area contributed by atoms with Crippen molar-refractivity contribution >= 4 is 18.3 Å². The van der Waals surface area contributed by atoms with Gasteiger partial charge in [-0.2, -0.15) is 0 Å². The number of carbonyl (C=O) groups excluding carboxylic acids is 1. The number of amides is 1. The van der Waals surface area contributed by atoms with Crippen molar-refractivity contribution in [3.63, 3.8) is 0 Å². The minimum Gasteiger partial charge on any atom is -0.496 e. The summed E-state index contributed by atoms with van der Waals surface area (Å²) in [5, 5.41) is 3.30. The van der Waals surface area contributed by atoms with E-state index in [2.05, 4.69) is 5.32 Å². The van der Waals surface area contributed by atoms with Gasteiger partial charge in [0.2, 0.25) is 5.91 Å². The number of nitrogens with one attached hydrogen (secondary N) is 1. The molecule has 0 unspecified atom stereocenters. The standard InChI is InChI=1S/C18H24N2O3.ClH/c1-13(9-14-5-3-4-6-16(14)22-2)10-18(21)20-7-8-23-17-12-19-11-15(17)20;/h3-6,10,15,17,19H,7-9,11-12H2,1-2H3;1H/b13-10+;/t15-,17+;/m1./s1. The summed E-state index contributed by atoms with van der Waals surface area (Å²) in [5.41, 5.74) is 2.13. The molecule has 2 atom stereocenters. The van der Waals surface area contributed by atoms with E-state index < -0.39 is 0 Å². The number of rotatable bonds is 4. The van der Waals surface area contributed by atoms with Gasteiger partial charge in [0.1, 0.15) is 5.75 Å². The number of morpholine rings is 1. The molecule has 0 saturated carbocycles. The van der Waals surface area contributed by atoms with Crippen molar-refractivity contribution in [2.75, 3.05) is 33.4 Å². The Labute approximate surface area is 149 Å². The Morgan fingerprint density at radius 1 is 1.42 bits per heavy atom. The van der Waals surface area contributed by atoms with E-state index in [0.29, 0.717) is 19.6 Å². The second kappa shape index (κ2) is 8.51. The van der Waals surface area contributed by atoms with Crippen LogP contribution in [0, 0.1) is 0 Å². The van der Waals surface area contributed by atoms with Crippen molar-refractivity contribution < 1.29 is 14.3 Å². The number of carbonyl (C=O) groups is 1. The Morgan fingerprint density at radius 2 is 2.21 bits per heavy atom. The average molecular weight is 353 g/mol. The number of ether oxygens (including phenoxy) is 2. The molecule has 5 nitrogen and oxygen atoms in total. The molecule has 0 radical (unpaired) electrons. The van der Waals surface area contributed by atoms with Gasteiger partial charge in [-0.3, -0.25) is 4.79 Å². The Kier molecular flexibility index (Phi) is 6.66. The Balaban J connectivity index is 0.00000208. The Bertz CT molecular complexity index is 606. The quantitative estimate of drug-likeness (QED) is 0.840. The highest BCUT2D eigenvalue weighted by Gasteiger charge is 2.37. The summed E-state index contributed by atoms with van der Waals surface area (Å²) in [5.74, 6) is 0.943. The first-order valence-corrected chi connectivity index (χ1v) is 8.11. The van der Waals surface area contributed by atoms with Gasteiger partial charge in [0.25, 0.3) is 0 Å². The first kappa shape index (κ1) is 18.8. The first-order chi connectivity index (χ1) is 11.2. The maximum absolute atomic E-state index is 12.6. The van der Waals surface area contributed by atoms with E-state index in [1.165, 1.54) is 0 Å². The molecule has 1 amide bonds. The molecule has 0 aromatic heterocycles. The van der Waals surface area contributed by atoms with Gasteiger partial charge < -0.3 is 19.7 Å². The monoisotopic (exact) mass is 352 g/mol. The third-order valence-corrected chi connectivity index (χ3v) is 4.51. The number of hydrogen-bond donors (Lipinski definition) is 1. The van der Waals surface area contributed by atoms with Crippen LogP contribution in [0.1, 0.15) is 12.5 Å². The van der Waals surface area contributed by atoms with Crippen LogP contribution < -0.4 is 10.1 Å². The molecule has 2 aliphatic heterocycles. The molecule has 24 heavy (non-hydrogen) atoms. The molecule has 0 spiro atoms. The van der Waals surface area contributed by atoms with E-state index in [0.717, 1.165) is 30.0 Å². The first-order valence-electron chi connectivity index (χ1n) is 8.11. The van der Waals surface area contributed by atoms with Crippen LogP contribution in [-0.4, -0.2) is 56.3 Å². The number of methoxy groups -OCH3 is 1. The fourth-order valence-electron chi connectivity index (χ4n) is 3.36. The highest BCUT2D eigenvalue weighted by atomic mass is 35.5. The van der Waals surface area contributed by atoms with Crippen molar-refractivity contribution in [2.45, 2.75) is 25.5 Å². The summed E-state index contributed by atoms with van der Waals surface area (Å²) in [4.78, 5) is 14.6. The maximum Gasteiger partial charge on any atom is 0.246 e. The number of halogens is 1. The van der Waals surface area contributed by atoms with Crippen LogP contribution in [0.15, 0.2) is 35.9 Å². The summed E-state index contributed by atoms with van der Waals surface area (Å²) in [6.07, 6.45) is 2.61. The number of nitrogens with zero attached hydrogens (tertiary/aromatic N) is 1. The molecule has 1 aromatic rings. The van der Waals surface area contributed by atoms with Gasteiger partial charge in [-0.25, -0.2) is 0 Å². The summed E-state index contributed by atoms with van der Waals surface area (Å²) >= 11 is 0. The van der Waals surface area contributed by atoms with Crippen LogP contribution in [0.5, 0.6) is 5.75 Å². The Morgan fingerprint density at radius 3 is 3.00 bits per heavy atom. The van der Waals surface area contributed by atoms with Gasteiger partial charge in [0.05, 0.1) is 25.9 Å². The van der Waals surface area contributed by atoms with Crippen LogP contribution in [0.4, 0.5) is 0 Å². The molecule has 2 fully saturated rings. The maximum atomic E-state index is 12.6. The molecule has 3 rings (SSSR count). The van der Waals surface area contributed by atoms with Gasteiger partial charge in [0, 0.05) is 25.7 Å². The molecule has 1 aromatic carbocycles. The normalized spacial score (nSPS) is 23.4. The molecule has 0 aliphatic carbocycles. The molecule has 2 saturated heterocycles. The lowest BCUT2D eigenvalue weighted by Gasteiger charge is -2.36. The van der Waals surface area contributed by atoms with Gasteiger partial charge in [0.15, 0.2) is 0 Å². The largest absolute Gasteiger partial charge is 0.496 e. The lowest BCUT2D eigenvalue weighted by atomic mass is 10.0. The van der Waals surface area contributed by atoms with Crippen molar-refractivity contribution in [3.8, 4) is 5.75 Å². The number of hydrogen-bond acceptors (Lipinski definition) is 4. The third kappa shape index (κ3) is 4.09. The van der Waals surface area contributed by atoms with Crippen molar-refractivity contribution in [2.24, 2.45) is 0 Å². The van der Waals surface area contributed by atoms with Gasteiger partial charge in [-0.05, 0) is 25.0 Å². The fourth-order valence-corrected chi connectivity index (χ4v) is 3.36. The SMILES string of the molecule is COc1ccccc1C/C(C)=C/C(=O)N1CCO[C@H]2CNC[C@H]21.Cl. The molecular formula is C18H25ClN2O3. The minimum atomic E-state index is 0. The summed E-state index contributed by atoms with van der Waals surface area (Å²) in [6.45, 7) is 4.93. The number of benzene rings is 1. The molecule has 1 N–H and O–H groups in total. The van der Waals surface area contributed by atoms with Crippen LogP contribution in [-0.2, 0) is 16.0 Å².